The van der Waals surface area contributed by atoms with Crippen molar-refractivity contribution in [3.05, 3.63) is 77.1 Å². The molecule has 2 aromatic heterocycles. The zero-order chi connectivity index (χ0) is 24.2. The normalized spacial score (nSPS) is 19.4. The van der Waals surface area contributed by atoms with Gasteiger partial charge in [0, 0.05) is 30.9 Å². The molecule has 9 heteroatoms. The van der Waals surface area contributed by atoms with Gasteiger partial charge >= 0.3 is 0 Å². The van der Waals surface area contributed by atoms with E-state index in [4.69, 9.17) is 16.3 Å². The molecule has 0 saturated carbocycles. The van der Waals surface area contributed by atoms with Crippen LogP contribution in [0.25, 0.3) is 11.0 Å². The minimum Gasteiger partial charge on any atom is -0.457 e. The number of ketones is 1. The van der Waals surface area contributed by atoms with Crippen LogP contribution in [0.3, 0.4) is 0 Å². The number of para-hydroxylation sites is 1. The van der Waals surface area contributed by atoms with E-state index in [1.807, 2.05) is 37.4 Å². The molecule has 6 rings (SSSR count). The van der Waals surface area contributed by atoms with Crippen molar-refractivity contribution in [2.24, 2.45) is 0 Å². The van der Waals surface area contributed by atoms with E-state index < -0.39 is 5.54 Å². The predicted molar refractivity (Wildman–Crippen MR) is 135 cm³/mol. The Kier molecular flexibility index (Phi) is 5.01. The maximum atomic E-state index is 13.6. The number of benzene rings is 2. The van der Waals surface area contributed by atoms with Crippen molar-refractivity contribution in [1.29, 1.82) is 0 Å². The third-order valence-corrected chi connectivity index (χ3v) is 6.93. The number of H-pyrrole nitrogens is 1. The maximum absolute atomic E-state index is 13.6. The lowest BCUT2D eigenvalue weighted by molar-refractivity contribution is -0.120. The molecular weight excluding hydrogens is 466 g/mol. The average molecular weight is 488 g/mol. The van der Waals surface area contributed by atoms with Gasteiger partial charge in [-0.05, 0) is 37.7 Å². The Hall–Kier alpha value is -3.88. The molecule has 4 aromatic rings. The summed E-state index contributed by atoms with van der Waals surface area (Å²) in [6.45, 7) is 1.38. The zero-order valence-corrected chi connectivity index (χ0v) is 19.6. The number of carbonyl (C=O) groups excluding carboxylic acids is 2. The molecule has 2 aliphatic heterocycles. The van der Waals surface area contributed by atoms with E-state index in [1.54, 1.807) is 30.6 Å². The Balaban J connectivity index is 1.37. The molecule has 3 N–H and O–H groups in total. The highest BCUT2D eigenvalue weighted by atomic mass is 35.5. The second kappa shape index (κ2) is 8.11. The largest absolute Gasteiger partial charge is 0.457 e. The Morgan fingerprint density at radius 3 is 2.71 bits per heavy atom. The van der Waals surface area contributed by atoms with Crippen LogP contribution in [0.5, 0.6) is 11.5 Å². The third kappa shape index (κ3) is 3.62. The van der Waals surface area contributed by atoms with Crippen molar-refractivity contribution >= 4 is 45.7 Å². The number of likely N-dealkylation sites (N-methyl/N-ethyl adjacent to an activating group) is 1. The number of anilines is 2. The molecule has 1 saturated heterocycles. The van der Waals surface area contributed by atoms with Crippen LogP contribution in [0.1, 0.15) is 22.3 Å². The Bertz CT molecular complexity index is 1490. The fraction of sp³-hybridized carbons (Fsp3) is 0.192. The molecule has 1 atom stereocenters. The van der Waals surface area contributed by atoms with E-state index in [0.29, 0.717) is 58.0 Å². The van der Waals surface area contributed by atoms with Crippen molar-refractivity contribution in [2.45, 2.75) is 12.0 Å². The minimum atomic E-state index is -0.748. The summed E-state index contributed by atoms with van der Waals surface area (Å²) in [5.74, 6) is 0.874. The molecule has 8 nitrogen and oxygen atoms in total. The van der Waals surface area contributed by atoms with Crippen molar-refractivity contribution in [3.63, 3.8) is 0 Å². The van der Waals surface area contributed by atoms with Gasteiger partial charge in [-0.1, -0.05) is 29.8 Å². The number of carbonyl (C=O) groups is 2. The molecule has 0 aliphatic carbocycles. The number of amides is 1. The highest BCUT2D eigenvalue weighted by Crippen LogP contribution is 2.41. The SMILES string of the molecule is CN1CC[C@]2(C1)Nc1c(cnc3[nH]cc(C(=O)c4ccc(Oc5ccccc5)cc4Cl)c13)NC2=O. The van der Waals surface area contributed by atoms with Crippen LogP contribution in [-0.4, -0.2) is 52.2 Å². The summed E-state index contributed by atoms with van der Waals surface area (Å²) in [4.78, 5) is 36.2. The van der Waals surface area contributed by atoms with Crippen molar-refractivity contribution in [2.75, 3.05) is 30.8 Å². The van der Waals surface area contributed by atoms with Gasteiger partial charge in [0.1, 0.15) is 22.7 Å². The fourth-order valence-electron chi connectivity index (χ4n) is 4.84. The number of ether oxygens (including phenoxy) is 1. The number of nitrogens with zero attached hydrogens (tertiary/aromatic N) is 2. The number of hydrogen-bond donors (Lipinski definition) is 3. The molecule has 0 radical (unpaired) electrons. The smallest absolute Gasteiger partial charge is 0.251 e. The van der Waals surface area contributed by atoms with Crippen molar-refractivity contribution in [1.82, 2.24) is 14.9 Å². The lowest BCUT2D eigenvalue weighted by Gasteiger charge is -2.35. The fourth-order valence-corrected chi connectivity index (χ4v) is 5.09. The molecule has 1 amide bonds. The summed E-state index contributed by atoms with van der Waals surface area (Å²) in [5, 5.41) is 7.36. The molecule has 2 aliphatic rings. The van der Waals surface area contributed by atoms with Crippen molar-refractivity contribution < 1.29 is 14.3 Å². The molecule has 0 bridgehead atoms. The third-order valence-electron chi connectivity index (χ3n) is 6.62. The molecular formula is C26H22ClN5O3. The van der Waals surface area contributed by atoms with E-state index in [2.05, 4.69) is 25.5 Å². The number of hydrogen-bond acceptors (Lipinski definition) is 6. The van der Waals surface area contributed by atoms with E-state index in [-0.39, 0.29) is 16.7 Å². The quantitative estimate of drug-likeness (QED) is 0.361. The van der Waals surface area contributed by atoms with Crippen LogP contribution < -0.4 is 15.4 Å². The summed E-state index contributed by atoms with van der Waals surface area (Å²) in [7, 11) is 1.99. The van der Waals surface area contributed by atoms with E-state index in [0.717, 1.165) is 6.54 Å². The molecule has 176 valence electrons. The van der Waals surface area contributed by atoms with E-state index in [9.17, 15) is 9.59 Å². The van der Waals surface area contributed by atoms with Gasteiger partial charge in [0.2, 0.25) is 0 Å². The molecule has 2 aromatic carbocycles. The highest BCUT2D eigenvalue weighted by Gasteiger charge is 2.47. The number of nitrogens with one attached hydrogen (secondary N) is 3. The first-order valence-corrected chi connectivity index (χ1v) is 11.7. The molecule has 1 fully saturated rings. The van der Waals surface area contributed by atoms with Crippen LogP contribution in [0, 0.1) is 0 Å². The van der Waals surface area contributed by atoms with Gasteiger partial charge in [0.15, 0.2) is 5.78 Å². The summed E-state index contributed by atoms with van der Waals surface area (Å²) >= 11 is 6.53. The van der Waals surface area contributed by atoms with Crippen LogP contribution >= 0.6 is 11.6 Å². The average Bonchev–Trinajstić information content (AvgIpc) is 3.45. The Morgan fingerprint density at radius 2 is 1.97 bits per heavy atom. The summed E-state index contributed by atoms with van der Waals surface area (Å²) in [6.07, 6.45) is 3.90. The monoisotopic (exact) mass is 487 g/mol. The molecule has 35 heavy (non-hydrogen) atoms. The van der Waals surface area contributed by atoms with Gasteiger partial charge in [-0.2, -0.15) is 0 Å². The van der Waals surface area contributed by atoms with Crippen LogP contribution in [-0.2, 0) is 4.79 Å². The lowest BCUT2D eigenvalue weighted by atomic mass is 9.92. The number of aromatic nitrogens is 2. The summed E-state index contributed by atoms with van der Waals surface area (Å²) in [6, 6.07) is 14.4. The highest BCUT2D eigenvalue weighted by molar-refractivity contribution is 6.36. The zero-order valence-electron chi connectivity index (χ0n) is 18.9. The lowest BCUT2D eigenvalue weighted by Crippen LogP contribution is -2.54. The van der Waals surface area contributed by atoms with Gasteiger partial charge < -0.3 is 25.3 Å². The number of pyridine rings is 1. The second-order valence-corrected chi connectivity index (χ2v) is 9.41. The number of aromatic amines is 1. The summed E-state index contributed by atoms with van der Waals surface area (Å²) in [5.41, 5.74) is 1.82. The predicted octanol–water partition coefficient (Wildman–Crippen LogP) is 4.68. The van der Waals surface area contributed by atoms with Crippen LogP contribution in [0.15, 0.2) is 60.9 Å². The molecule has 4 heterocycles. The first-order valence-electron chi connectivity index (χ1n) is 11.3. The number of halogens is 1. The number of fused-ring (bicyclic) bond motifs is 3. The van der Waals surface area contributed by atoms with E-state index in [1.165, 1.54) is 0 Å². The standard InChI is InChI=1S/C26H22ClN5O3/c1-32-10-9-26(14-32)25(34)30-20-13-29-24-21(22(20)31-26)18(12-28-24)23(33)17-8-7-16(11-19(17)27)35-15-5-3-2-4-6-15/h2-8,11-13,31H,9-10,14H2,1H3,(H,28,29)(H,30,34)/t26-/m1/s1. The van der Waals surface area contributed by atoms with Crippen molar-refractivity contribution in [3.8, 4) is 11.5 Å². The Morgan fingerprint density at radius 1 is 1.14 bits per heavy atom. The van der Waals surface area contributed by atoms with Gasteiger partial charge in [0.25, 0.3) is 5.91 Å². The minimum absolute atomic E-state index is 0.0871. The molecule has 0 unspecified atom stereocenters. The molecule has 1 spiro atoms. The number of likely N-dealkylation sites (tertiary alicyclic amines) is 1. The van der Waals surface area contributed by atoms with E-state index >= 15 is 0 Å². The first kappa shape index (κ1) is 21.6. The topological polar surface area (TPSA) is 99.3 Å². The van der Waals surface area contributed by atoms with Gasteiger partial charge in [-0.15, -0.1) is 0 Å². The van der Waals surface area contributed by atoms with Crippen LogP contribution in [0.2, 0.25) is 5.02 Å². The van der Waals surface area contributed by atoms with Crippen LogP contribution in [0.4, 0.5) is 11.4 Å². The second-order valence-electron chi connectivity index (χ2n) is 9.01. The van der Waals surface area contributed by atoms with Gasteiger partial charge in [-0.25, -0.2) is 4.98 Å². The summed E-state index contributed by atoms with van der Waals surface area (Å²) < 4.78 is 5.84. The maximum Gasteiger partial charge on any atom is 0.251 e. The van der Waals surface area contributed by atoms with Gasteiger partial charge in [-0.3, -0.25) is 9.59 Å². The van der Waals surface area contributed by atoms with Gasteiger partial charge in [0.05, 0.1) is 33.5 Å². The number of rotatable bonds is 4. The Labute approximate surface area is 206 Å². The first-order chi connectivity index (χ1) is 16.9.